The van der Waals surface area contributed by atoms with Gasteiger partial charge in [0.2, 0.25) is 0 Å². The van der Waals surface area contributed by atoms with Crippen molar-refractivity contribution in [3.8, 4) is 5.75 Å². The summed E-state index contributed by atoms with van der Waals surface area (Å²) in [5, 5.41) is 0. The van der Waals surface area contributed by atoms with Crippen molar-refractivity contribution in [2.45, 2.75) is 39.2 Å². The standard InChI is InChI=1S/C15H18F2O7S/c1-14(2,3)23-13(19)10-5-9(6-11(7-10)24-25(20)21)12(18)22-8-15(4,16)17/h5-7H,8H2,1-4H3,(H,20,21). The maximum Gasteiger partial charge on any atom is 0.357 e. The summed E-state index contributed by atoms with van der Waals surface area (Å²) in [5.74, 6) is -5.53. The molecule has 1 N–H and O–H groups in total. The van der Waals surface area contributed by atoms with Gasteiger partial charge in [0.1, 0.15) is 11.4 Å². The van der Waals surface area contributed by atoms with Crippen LogP contribution in [0.1, 0.15) is 48.4 Å². The molecule has 1 rings (SSSR count). The van der Waals surface area contributed by atoms with Gasteiger partial charge in [-0.15, -0.1) is 0 Å². The molecule has 0 radical (unpaired) electrons. The van der Waals surface area contributed by atoms with Crippen LogP contribution in [0, 0.1) is 0 Å². The second kappa shape index (κ2) is 7.87. The average molecular weight is 380 g/mol. The zero-order valence-corrected chi connectivity index (χ0v) is 14.8. The molecule has 7 nitrogen and oxygen atoms in total. The number of ether oxygens (including phenoxy) is 2. The molecule has 10 heteroatoms. The van der Waals surface area contributed by atoms with E-state index in [2.05, 4.69) is 8.92 Å². The highest BCUT2D eigenvalue weighted by atomic mass is 32.2. The van der Waals surface area contributed by atoms with Gasteiger partial charge >= 0.3 is 23.3 Å². The Kier molecular flexibility index (Phi) is 6.61. The van der Waals surface area contributed by atoms with Gasteiger partial charge in [0.05, 0.1) is 11.1 Å². The first-order chi connectivity index (χ1) is 11.3. The summed E-state index contributed by atoms with van der Waals surface area (Å²) >= 11 is -2.72. The fraction of sp³-hybridized carbons (Fsp3) is 0.467. The number of esters is 2. The zero-order valence-electron chi connectivity index (χ0n) is 14.0. The van der Waals surface area contributed by atoms with Crippen molar-refractivity contribution in [1.82, 2.24) is 0 Å². The lowest BCUT2D eigenvalue weighted by Gasteiger charge is -2.20. The lowest BCUT2D eigenvalue weighted by Crippen LogP contribution is -2.24. The fourth-order valence-corrected chi connectivity index (χ4v) is 1.84. The molecule has 0 saturated heterocycles. The van der Waals surface area contributed by atoms with Gasteiger partial charge in [-0.25, -0.2) is 18.4 Å². The van der Waals surface area contributed by atoms with Gasteiger partial charge in [-0.1, -0.05) is 0 Å². The molecule has 0 aliphatic carbocycles. The number of carbonyl (C=O) groups is 2. The number of hydrogen-bond acceptors (Lipinski definition) is 6. The van der Waals surface area contributed by atoms with Crippen LogP contribution in [-0.2, 0) is 20.8 Å². The van der Waals surface area contributed by atoms with Crippen molar-refractivity contribution in [3.05, 3.63) is 29.3 Å². The van der Waals surface area contributed by atoms with E-state index in [0.717, 1.165) is 18.2 Å². The van der Waals surface area contributed by atoms with Crippen LogP contribution in [0.3, 0.4) is 0 Å². The highest BCUT2D eigenvalue weighted by Gasteiger charge is 2.25. The molecule has 0 aliphatic rings. The molecule has 0 saturated carbocycles. The molecule has 0 fully saturated rings. The smallest absolute Gasteiger partial charge is 0.357 e. The largest absolute Gasteiger partial charge is 0.456 e. The third-order valence-electron chi connectivity index (χ3n) is 2.40. The summed E-state index contributed by atoms with van der Waals surface area (Å²) < 4.78 is 59.3. The van der Waals surface area contributed by atoms with Gasteiger partial charge in [-0.3, -0.25) is 4.55 Å². The summed E-state index contributed by atoms with van der Waals surface area (Å²) in [6, 6.07) is 3.11. The van der Waals surface area contributed by atoms with E-state index < -0.39 is 41.4 Å². The second-order valence-electron chi connectivity index (χ2n) is 6.19. The highest BCUT2D eigenvalue weighted by molar-refractivity contribution is 7.74. The minimum Gasteiger partial charge on any atom is -0.456 e. The van der Waals surface area contributed by atoms with Crippen LogP contribution in [0.2, 0.25) is 0 Å². The molecular weight excluding hydrogens is 362 g/mol. The molecule has 0 aromatic heterocycles. The first-order valence-corrected chi connectivity index (χ1v) is 8.02. The molecule has 25 heavy (non-hydrogen) atoms. The quantitative estimate of drug-likeness (QED) is 0.598. The molecule has 140 valence electrons. The molecule has 0 spiro atoms. The van der Waals surface area contributed by atoms with Crippen molar-refractivity contribution in [3.63, 3.8) is 0 Å². The maximum absolute atomic E-state index is 12.8. The van der Waals surface area contributed by atoms with Gasteiger partial charge in [-0.05, 0) is 39.0 Å². The third kappa shape index (κ3) is 8.03. The van der Waals surface area contributed by atoms with Gasteiger partial charge in [0.15, 0.2) is 6.61 Å². The van der Waals surface area contributed by atoms with Gasteiger partial charge in [0, 0.05) is 6.92 Å². The minimum absolute atomic E-state index is 0.173. The summed E-state index contributed by atoms with van der Waals surface area (Å²) in [7, 11) is 0. The van der Waals surface area contributed by atoms with E-state index in [0.29, 0.717) is 6.92 Å². The number of benzene rings is 1. The Morgan fingerprint density at radius 2 is 1.60 bits per heavy atom. The number of hydrogen-bond donors (Lipinski definition) is 1. The minimum atomic E-state index is -3.23. The fourth-order valence-electron chi connectivity index (χ4n) is 1.58. The maximum atomic E-state index is 12.8. The number of carbonyl (C=O) groups excluding carboxylic acids is 2. The van der Waals surface area contributed by atoms with Crippen LogP contribution in [-0.4, -0.2) is 38.8 Å². The Morgan fingerprint density at radius 1 is 1.08 bits per heavy atom. The van der Waals surface area contributed by atoms with Crippen LogP contribution in [0.4, 0.5) is 8.78 Å². The first-order valence-electron chi connectivity index (χ1n) is 6.99. The number of rotatable bonds is 6. The molecule has 0 aliphatic heterocycles. The molecule has 1 unspecified atom stereocenters. The summed E-state index contributed by atoms with van der Waals surface area (Å²) in [6.07, 6.45) is 0. The Hall–Kier alpha value is -2.07. The molecule has 1 aromatic carbocycles. The number of alkyl halides is 2. The zero-order chi connectivity index (χ0) is 19.4. The Labute approximate surface area is 145 Å². The molecular formula is C15H18F2O7S. The van der Waals surface area contributed by atoms with Crippen LogP contribution in [0.15, 0.2) is 18.2 Å². The van der Waals surface area contributed by atoms with Crippen molar-refractivity contribution < 1.29 is 40.8 Å². The van der Waals surface area contributed by atoms with E-state index in [1.165, 1.54) is 0 Å². The molecule has 0 heterocycles. The predicted molar refractivity (Wildman–Crippen MR) is 83.9 cm³/mol. The van der Waals surface area contributed by atoms with Crippen LogP contribution in [0.25, 0.3) is 0 Å². The van der Waals surface area contributed by atoms with Crippen LogP contribution in [0.5, 0.6) is 5.75 Å². The highest BCUT2D eigenvalue weighted by Crippen LogP contribution is 2.22. The Balaban J connectivity index is 3.15. The van der Waals surface area contributed by atoms with Crippen molar-refractivity contribution in [2.24, 2.45) is 0 Å². The topological polar surface area (TPSA) is 99.1 Å². The normalized spacial score (nSPS) is 13.1. The summed E-state index contributed by atoms with van der Waals surface area (Å²) in [6.45, 7) is 4.26. The summed E-state index contributed by atoms with van der Waals surface area (Å²) in [5.41, 5.74) is -1.32. The lowest BCUT2D eigenvalue weighted by atomic mass is 10.1. The summed E-state index contributed by atoms with van der Waals surface area (Å²) in [4.78, 5) is 24.0. The monoisotopic (exact) mass is 380 g/mol. The SMILES string of the molecule is CC(F)(F)COC(=O)c1cc(OS(=O)O)cc(C(=O)OC(C)(C)C)c1. The van der Waals surface area contributed by atoms with Gasteiger partial charge in [-0.2, -0.15) is 4.21 Å². The molecule has 0 bridgehead atoms. The molecule has 1 atom stereocenters. The van der Waals surface area contributed by atoms with E-state index >= 15 is 0 Å². The number of halogens is 2. The van der Waals surface area contributed by atoms with Crippen molar-refractivity contribution in [1.29, 1.82) is 0 Å². The van der Waals surface area contributed by atoms with E-state index in [1.807, 2.05) is 0 Å². The van der Waals surface area contributed by atoms with E-state index in [9.17, 15) is 22.6 Å². The third-order valence-corrected chi connectivity index (χ3v) is 2.74. The first kappa shape index (κ1) is 21.0. The van der Waals surface area contributed by atoms with Crippen molar-refractivity contribution >= 4 is 23.3 Å². The van der Waals surface area contributed by atoms with Gasteiger partial charge < -0.3 is 13.7 Å². The van der Waals surface area contributed by atoms with Gasteiger partial charge in [0.25, 0.3) is 5.92 Å². The van der Waals surface area contributed by atoms with Crippen LogP contribution < -0.4 is 4.18 Å². The Bertz CT molecular complexity index is 677. The van der Waals surface area contributed by atoms with E-state index in [1.54, 1.807) is 20.8 Å². The van der Waals surface area contributed by atoms with Crippen LogP contribution >= 0.6 is 0 Å². The second-order valence-corrected chi connectivity index (χ2v) is 6.80. The Morgan fingerprint density at radius 3 is 2.04 bits per heavy atom. The van der Waals surface area contributed by atoms with E-state index in [4.69, 9.17) is 9.29 Å². The molecule has 0 amide bonds. The predicted octanol–water partition coefficient (Wildman–Crippen LogP) is 2.97. The van der Waals surface area contributed by atoms with E-state index in [-0.39, 0.29) is 16.9 Å². The van der Waals surface area contributed by atoms with Crippen molar-refractivity contribution in [2.75, 3.05) is 6.61 Å². The molecule has 1 aromatic rings. The lowest BCUT2D eigenvalue weighted by molar-refractivity contribution is -0.0467. The average Bonchev–Trinajstić information content (AvgIpc) is 2.41.